The van der Waals surface area contributed by atoms with Gasteiger partial charge in [0.2, 0.25) is 0 Å². The number of nitrogens with zero attached hydrogens (tertiary/aromatic N) is 1. The van der Waals surface area contributed by atoms with Crippen molar-refractivity contribution in [1.82, 2.24) is 4.98 Å². The minimum atomic E-state index is -0.601. The van der Waals surface area contributed by atoms with Crippen molar-refractivity contribution < 1.29 is 9.53 Å². The molecule has 1 aromatic heterocycles. The monoisotopic (exact) mass is 370 g/mol. The summed E-state index contributed by atoms with van der Waals surface area (Å²) in [4.78, 5) is 18.0. The van der Waals surface area contributed by atoms with Crippen LogP contribution in [0.4, 0.5) is 5.13 Å². The molecule has 0 saturated heterocycles. The standard InChI is InChI=1S/C19H18N2O2S2/c1-13(23-15-6-4-3-5-7-15)18(22)21-19-20-17(12-25-19)14-8-10-16(24-2)11-9-14/h3-13H,1-2H3,(H,20,21,22). The third-order valence-corrected chi connectivity index (χ3v) is 5.05. The fraction of sp³-hybridized carbons (Fsp3) is 0.158. The lowest BCUT2D eigenvalue weighted by Crippen LogP contribution is -2.30. The van der Waals surface area contributed by atoms with Crippen LogP contribution in [0, 0.1) is 0 Å². The highest BCUT2D eigenvalue weighted by atomic mass is 32.2. The van der Waals surface area contributed by atoms with Crippen LogP contribution in [-0.2, 0) is 4.79 Å². The first-order valence-corrected chi connectivity index (χ1v) is 9.88. The number of ether oxygens (including phenoxy) is 1. The van der Waals surface area contributed by atoms with Crippen molar-refractivity contribution in [1.29, 1.82) is 0 Å². The summed E-state index contributed by atoms with van der Waals surface area (Å²) >= 11 is 3.10. The van der Waals surface area contributed by atoms with Crippen molar-refractivity contribution in [3.63, 3.8) is 0 Å². The minimum Gasteiger partial charge on any atom is -0.481 e. The van der Waals surface area contributed by atoms with Gasteiger partial charge in [0.25, 0.3) is 5.91 Å². The van der Waals surface area contributed by atoms with E-state index in [2.05, 4.69) is 22.4 Å². The highest BCUT2D eigenvalue weighted by Crippen LogP contribution is 2.27. The number of benzene rings is 2. The number of carbonyl (C=O) groups is 1. The third kappa shape index (κ3) is 4.61. The van der Waals surface area contributed by atoms with Crippen LogP contribution >= 0.6 is 23.1 Å². The molecular formula is C19H18N2O2S2. The second-order valence-corrected chi connectivity index (χ2v) is 7.07. The van der Waals surface area contributed by atoms with Crippen LogP contribution in [-0.4, -0.2) is 23.3 Å². The molecule has 4 nitrogen and oxygen atoms in total. The first-order valence-electron chi connectivity index (χ1n) is 7.78. The topological polar surface area (TPSA) is 51.2 Å². The molecule has 0 aliphatic rings. The van der Waals surface area contributed by atoms with Crippen LogP contribution in [0.25, 0.3) is 11.3 Å². The quantitative estimate of drug-likeness (QED) is 0.625. The average Bonchev–Trinajstić information content (AvgIpc) is 3.11. The van der Waals surface area contributed by atoms with E-state index in [1.807, 2.05) is 54.1 Å². The highest BCUT2D eigenvalue weighted by Gasteiger charge is 2.16. The molecule has 6 heteroatoms. The van der Waals surface area contributed by atoms with E-state index >= 15 is 0 Å². The van der Waals surface area contributed by atoms with Gasteiger partial charge in [0, 0.05) is 15.8 Å². The SMILES string of the molecule is CSc1ccc(-c2csc(NC(=O)C(C)Oc3ccccc3)n2)cc1. The number of para-hydroxylation sites is 1. The predicted octanol–water partition coefficient (Wildman–Crippen LogP) is 4.94. The zero-order valence-electron chi connectivity index (χ0n) is 13.9. The molecular weight excluding hydrogens is 352 g/mol. The highest BCUT2D eigenvalue weighted by molar-refractivity contribution is 7.98. The van der Waals surface area contributed by atoms with Gasteiger partial charge in [-0.15, -0.1) is 23.1 Å². The minimum absolute atomic E-state index is 0.220. The Morgan fingerprint density at radius 1 is 1.16 bits per heavy atom. The predicted molar refractivity (Wildman–Crippen MR) is 104 cm³/mol. The van der Waals surface area contributed by atoms with Crippen molar-refractivity contribution in [3.8, 4) is 17.0 Å². The molecule has 0 radical (unpaired) electrons. The Morgan fingerprint density at radius 3 is 2.56 bits per heavy atom. The van der Waals surface area contributed by atoms with Crippen molar-refractivity contribution in [2.75, 3.05) is 11.6 Å². The van der Waals surface area contributed by atoms with Crippen molar-refractivity contribution >= 4 is 34.1 Å². The van der Waals surface area contributed by atoms with Crippen LogP contribution in [0.1, 0.15) is 6.92 Å². The van der Waals surface area contributed by atoms with E-state index in [1.54, 1.807) is 18.7 Å². The number of nitrogens with one attached hydrogen (secondary N) is 1. The molecule has 3 rings (SSSR count). The first-order chi connectivity index (χ1) is 12.2. The summed E-state index contributed by atoms with van der Waals surface area (Å²) in [5, 5.41) is 5.32. The molecule has 128 valence electrons. The molecule has 0 fully saturated rings. The Labute approximate surface area is 155 Å². The average molecular weight is 370 g/mol. The summed E-state index contributed by atoms with van der Waals surface area (Å²) in [5.41, 5.74) is 1.88. The van der Waals surface area contributed by atoms with Gasteiger partial charge < -0.3 is 4.74 Å². The maximum absolute atomic E-state index is 12.3. The number of thioether (sulfide) groups is 1. The van der Waals surface area contributed by atoms with Gasteiger partial charge in [-0.1, -0.05) is 30.3 Å². The van der Waals surface area contributed by atoms with Gasteiger partial charge in [0.05, 0.1) is 5.69 Å². The Morgan fingerprint density at radius 2 is 1.88 bits per heavy atom. The van der Waals surface area contributed by atoms with Crippen LogP contribution in [0.3, 0.4) is 0 Å². The fourth-order valence-corrected chi connectivity index (χ4v) is 3.32. The zero-order chi connectivity index (χ0) is 17.6. The Hall–Kier alpha value is -2.31. The van der Waals surface area contributed by atoms with Gasteiger partial charge in [-0.25, -0.2) is 4.98 Å². The van der Waals surface area contributed by atoms with Gasteiger partial charge in [-0.3, -0.25) is 10.1 Å². The van der Waals surface area contributed by atoms with Crippen molar-refractivity contribution in [3.05, 3.63) is 60.0 Å². The van der Waals surface area contributed by atoms with Gasteiger partial charge in [-0.2, -0.15) is 0 Å². The molecule has 1 N–H and O–H groups in total. The lowest BCUT2D eigenvalue weighted by Gasteiger charge is -2.13. The maximum Gasteiger partial charge on any atom is 0.266 e. The Kier molecular flexibility index (Phi) is 5.73. The normalized spacial score (nSPS) is 11.8. The van der Waals surface area contributed by atoms with E-state index in [1.165, 1.54) is 16.2 Å². The Balaban J connectivity index is 1.63. The molecule has 1 unspecified atom stereocenters. The lowest BCUT2D eigenvalue weighted by molar-refractivity contribution is -0.122. The second kappa shape index (κ2) is 8.18. The molecule has 0 saturated carbocycles. The molecule has 1 atom stereocenters. The van der Waals surface area contributed by atoms with Gasteiger partial charge in [0.1, 0.15) is 5.75 Å². The zero-order valence-corrected chi connectivity index (χ0v) is 15.6. The summed E-state index contributed by atoms with van der Waals surface area (Å²) < 4.78 is 5.63. The number of aromatic nitrogens is 1. The van der Waals surface area contributed by atoms with E-state index in [9.17, 15) is 4.79 Å². The molecule has 1 amide bonds. The van der Waals surface area contributed by atoms with E-state index < -0.39 is 6.10 Å². The number of amides is 1. The molecule has 0 aliphatic carbocycles. The number of hydrogen-bond acceptors (Lipinski definition) is 5. The van der Waals surface area contributed by atoms with Crippen LogP contribution in [0.15, 0.2) is 64.9 Å². The van der Waals surface area contributed by atoms with Crippen molar-refractivity contribution in [2.45, 2.75) is 17.9 Å². The number of thiazole rings is 1. The van der Waals surface area contributed by atoms with Gasteiger partial charge in [-0.05, 0) is 37.4 Å². The molecule has 3 aromatic rings. The molecule has 1 heterocycles. The molecule has 0 aliphatic heterocycles. The molecule has 25 heavy (non-hydrogen) atoms. The number of anilines is 1. The summed E-state index contributed by atoms with van der Waals surface area (Å²) in [7, 11) is 0. The largest absolute Gasteiger partial charge is 0.481 e. The number of rotatable bonds is 6. The summed E-state index contributed by atoms with van der Waals surface area (Å²) in [6, 6.07) is 17.5. The van der Waals surface area contributed by atoms with Crippen LogP contribution in [0.2, 0.25) is 0 Å². The molecule has 0 spiro atoms. The van der Waals surface area contributed by atoms with E-state index in [0.717, 1.165) is 11.3 Å². The van der Waals surface area contributed by atoms with Gasteiger partial charge >= 0.3 is 0 Å². The summed E-state index contributed by atoms with van der Waals surface area (Å²) in [5.74, 6) is 0.446. The summed E-state index contributed by atoms with van der Waals surface area (Å²) in [6.45, 7) is 1.72. The van der Waals surface area contributed by atoms with E-state index in [-0.39, 0.29) is 5.91 Å². The second-order valence-electron chi connectivity index (χ2n) is 5.33. The van der Waals surface area contributed by atoms with Crippen molar-refractivity contribution in [2.24, 2.45) is 0 Å². The third-order valence-electron chi connectivity index (χ3n) is 3.55. The van der Waals surface area contributed by atoms with Crippen LogP contribution < -0.4 is 10.1 Å². The smallest absolute Gasteiger partial charge is 0.266 e. The lowest BCUT2D eigenvalue weighted by atomic mass is 10.2. The number of hydrogen-bond donors (Lipinski definition) is 1. The van der Waals surface area contributed by atoms with Crippen LogP contribution in [0.5, 0.6) is 5.75 Å². The molecule has 2 aromatic carbocycles. The fourth-order valence-electron chi connectivity index (χ4n) is 2.19. The first kappa shape index (κ1) is 17.5. The summed E-state index contributed by atoms with van der Waals surface area (Å²) in [6.07, 6.45) is 1.44. The van der Waals surface area contributed by atoms with Gasteiger partial charge in [0.15, 0.2) is 11.2 Å². The van der Waals surface area contributed by atoms with E-state index in [0.29, 0.717) is 10.9 Å². The maximum atomic E-state index is 12.3. The molecule has 0 bridgehead atoms. The number of carbonyl (C=O) groups excluding carboxylic acids is 1. The Bertz CT molecular complexity index is 832. The van der Waals surface area contributed by atoms with E-state index in [4.69, 9.17) is 4.74 Å².